The molecule has 0 spiro atoms. The van der Waals surface area contributed by atoms with Crippen molar-refractivity contribution in [3.05, 3.63) is 0 Å². The number of nitrogens with zero attached hydrogens (tertiary/aromatic N) is 1. The molecule has 0 aromatic carbocycles. The highest BCUT2D eigenvalue weighted by Crippen LogP contribution is 2.68. The molecule has 0 saturated heterocycles. The highest BCUT2D eigenvalue weighted by atomic mass is 16.4. The van der Waals surface area contributed by atoms with Crippen molar-refractivity contribution in [3.63, 3.8) is 0 Å². The van der Waals surface area contributed by atoms with E-state index < -0.39 is 11.7 Å². The van der Waals surface area contributed by atoms with Gasteiger partial charge >= 0.3 is 0 Å². The smallest absolute Gasteiger partial charge is 0.0957 e. The highest BCUT2D eigenvalue weighted by molar-refractivity contribution is 5.91. The third-order valence-electron chi connectivity index (χ3n) is 10.8. The first-order valence-corrected chi connectivity index (χ1v) is 13.1. The van der Waals surface area contributed by atoms with Crippen LogP contribution in [0.3, 0.4) is 0 Å². The van der Waals surface area contributed by atoms with Gasteiger partial charge in [-0.1, -0.05) is 38.8 Å². The monoisotopic (exact) mass is 433 g/mol. The van der Waals surface area contributed by atoms with Crippen LogP contribution in [-0.4, -0.2) is 32.8 Å². The Morgan fingerprint density at radius 1 is 1.00 bits per heavy atom. The lowest BCUT2D eigenvalue weighted by Crippen LogP contribution is -2.57. The molecule has 0 bridgehead atoms. The quantitative estimate of drug-likeness (QED) is 0.366. The fourth-order valence-electron chi connectivity index (χ4n) is 9.30. The second-order valence-corrected chi connectivity index (χ2v) is 13.0. The highest BCUT2D eigenvalue weighted by Gasteiger charge is 2.61. The minimum absolute atomic E-state index is 0.182. The minimum Gasteiger partial charge on any atom is -0.411 e. The third kappa shape index (κ3) is 3.98. The van der Waals surface area contributed by atoms with E-state index in [9.17, 15) is 15.4 Å². The summed E-state index contributed by atoms with van der Waals surface area (Å²) in [5, 5.41) is 33.8. The molecule has 0 radical (unpaired) electrons. The topological polar surface area (TPSA) is 73.1 Å². The van der Waals surface area contributed by atoms with Crippen molar-refractivity contribution in [2.45, 2.75) is 117 Å². The summed E-state index contributed by atoms with van der Waals surface area (Å²) in [6.07, 6.45) is 12.2. The average Bonchev–Trinajstić information content (AvgIpc) is 3.04. The summed E-state index contributed by atoms with van der Waals surface area (Å²) in [4.78, 5) is 0. The lowest BCUT2D eigenvalue weighted by atomic mass is 9.44. The molecule has 31 heavy (non-hydrogen) atoms. The number of hydrogen-bond acceptors (Lipinski definition) is 4. The van der Waals surface area contributed by atoms with E-state index >= 15 is 0 Å². The molecule has 4 fully saturated rings. The van der Waals surface area contributed by atoms with Crippen LogP contribution in [0.25, 0.3) is 0 Å². The summed E-state index contributed by atoms with van der Waals surface area (Å²) < 4.78 is 0. The van der Waals surface area contributed by atoms with Crippen LogP contribution in [-0.2, 0) is 0 Å². The lowest BCUT2D eigenvalue weighted by molar-refractivity contribution is -0.0998. The van der Waals surface area contributed by atoms with E-state index in [0.717, 1.165) is 55.8 Å². The van der Waals surface area contributed by atoms with Crippen molar-refractivity contribution in [1.82, 2.24) is 0 Å². The van der Waals surface area contributed by atoms with Gasteiger partial charge in [0.1, 0.15) is 0 Å². The molecule has 0 aromatic rings. The van der Waals surface area contributed by atoms with Gasteiger partial charge in [0.25, 0.3) is 0 Å². The van der Waals surface area contributed by atoms with Crippen molar-refractivity contribution in [2.24, 2.45) is 51.5 Å². The van der Waals surface area contributed by atoms with Gasteiger partial charge in [-0.25, -0.2) is 0 Å². The Morgan fingerprint density at radius 2 is 1.68 bits per heavy atom. The second-order valence-electron chi connectivity index (χ2n) is 13.0. The molecule has 4 aliphatic carbocycles. The molecular weight excluding hydrogens is 386 g/mol. The van der Waals surface area contributed by atoms with Crippen molar-refractivity contribution < 1.29 is 15.4 Å². The van der Waals surface area contributed by atoms with Gasteiger partial charge in [-0.2, -0.15) is 0 Å². The summed E-state index contributed by atoms with van der Waals surface area (Å²) in [7, 11) is 0. The van der Waals surface area contributed by atoms with E-state index in [-0.39, 0.29) is 11.3 Å². The summed E-state index contributed by atoms with van der Waals surface area (Å²) in [5.74, 6) is 4.13. The number of aliphatic hydroxyl groups excluding tert-OH is 1. The Bertz CT molecular complexity index is 684. The molecule has 0 aromatic heterocycles. The number of oxime groups is 1. The van der Waals surface area contributed by atoms with Gasteiger partial charge in [-0.3, -0.25) is 0 Å². The average molecular weight is 434 g/mol. The molecular formula is C27H47NO3. The zero-order valence-electron chi connectivity index (χ0n) is 20.6. The number of aliphatic hydroxyl groups is 2. The summed E-state index contributed by atoms with van der Waals surface area (Å²) >= 11 is 0. The number of rotatable bonds is 5. The van der Waals surface area contributed by atoms with Gasteiger partial charge in [0.15, 0.2) is 0 Å². The third-order valence-corrected chi connectivity index (χ3v) is 10.8. The SMILES string of the molecule is C[C@H](CCCC(C)(C)O)[C@H]1CC[C@H]2[C@@H]3CC[C@H]4/C(=N\O)[C@@H](O)CC[C@]4(C)[C@H]3CC[C@]12C. The summed E-state index contributed by atoms with van der Waals surface area (Å²) in [5.41, 5.74) is 0.769. The van der Waals surface area contributed by atoms with Crippen LogP contribution in [0.4, 0.5) is 0 Å². The van der Waals surface area contributed by atoms with E-state index in [4.69, 9.17) is 0 Å². The fourth-order valence-corrected chi connectivity index (χ4v) is 9.30. The van der Waals surface area contributed by atoms with E-state index in [2.05, 4.69) is 25.9 Å². The molecule has 178 valence electrons. The Balaban J connectivity index is 1.48. The van der Waals surface area contributed by atoms with Crippen molar-refractivity contribution in [3.8, 4) is 0 Å². The van der Waals surface area contributed by atoms with Gasteiger partial charge < -0.3 is 15.4 Å². The van der Waals surface area contributed by atoms with E-state index in [1.807, 2.05) is 13.8 Å². The maximum atomic E-state index is 10.4. The summed E-state index contributed by atoms with van der Waals surface area (Å²) in [6.45, 7) is 11.4. The Kier molecular flexibility index (Phi) is 6.31. The molecule has 4 aliphatic rings. The van der Waals surface area contributed by atoms with Crippen LogP contribution in [0.5, 0.6) is 0 Å². The van der Waals surface area contributed by atoms with Crippen LogP contribution < -0.4 is 0 Å². The normalized spacial score (nSPS) is 47.5. The van der Waals surface area contributed by atoms with Gasteiger partial charge in [-0.15, -0.1) is 0 Å². The van der Waals surface area contributed by atoms with Crippen molar-refractivity contribution in [1.29, 1.82) is 0 Å². The van der Waals surface area contributed by atoms with Gasteiger partial charge in [0.2, 0.25) is 0 Å². The van der Waals surface area contributed by atoms with E-state index in [1.54, 1.807) is 0 Å². The Hall–Kier alpha value is -0.610. The first kappa shape index (κ1) is 23.5. The molecule has 9 atom stereocenters. The fraction of sp³-hybridized carbons (Fsp3) is 0.963. The van der Waals surface area contributed by atoms with Crippen LogP contribution in [0.15, 0.2) is 5.16 Å². The number of fused-ring (bicyclic) bond motifs is 5. The van der Waals surface area contributed by atoms with E-state index in [0.29, 0.717) is 17.0 Å². The van der Waals surface area contributed by atoms with Gasteiger partial charge in [0, 0.05) is 5.92 Å². The standard InChI is InChI=1S/C27H47NO3/c1-17(7-6-14-25(2,3)30)19-10-11-20-18-8-9-22-24(28-31)23(29)13-16-27(22,5)21(18)12-15-26(19,20)4/h17-23,29-31H,6-16H2,1-5H3/b28-24+/t17-,18+,19-,20+,21+,22+,23+,26-,27-/m1/s1. The molecule has 0 aliphatic heterocycles. The Labute approximate surface area is 189 Å². The maximum Gasteiger partial charge on any atom is 0.0957 e. The lowest BCUT2D eigenvalue weighted by Gasteiger charge is -2.61. The van der Waals surface area contributed by atoms with Crippen LogP contribution in [0, 0.1) is 46.3 Å². The molecule has 4 nitrogen and oxygen atoms in total. The molecule has 4 rings (SSSR count). The first-order valence-electron chi connectivity index (χ1n) is 13.1. The molecule has 0 heterocycles. The molecule has 0 amide bonds. The largest absolute Gasteiger partial charge is 0.411 e. The second kappa shape index (κ2) is 8.31. The maximum absolute atomic E-state index is 10.4. The number of hydrogen-bond donors (Lipinski definition) is 3. The molecule has 3 N–H and O–H groups in total. The zero-order chi connectivity index (χ0) is 22.6. The minimum atomic E-state index is -0.547. The van der Waals surface area contributed by atoms with Crippen LogP contribution >= 0.6 is 0 Å². The molecule has 4 heteroatoms. The van der Waals surface area contributed by atoms with Crippen molar-refractivity contribution in [2.75, 3.05) is 0 Å². The summed E-state index contributed by atoms with van der Waals surface area (Å²) in [6, 6.07) is 0. The van der Waals surface area contributed by atoms with Crippen LogP contribution in [0.2, 0.25) is 0 Å². The molecule has 0 unspecified atom stereocenters. The first-order chi connectivity index (χ1) is 14.5. The van der Waals surface area contributed by atoms with Gasteiger partial charge in [-0.05, 0) is 112 Å². The zero-order valence-corrected chi connectivity index (χ0v) is 20.6. The predicted octanol–water partition coefficient (Wildman–Crippen LogP) is 6.02. The van der Waals surface area contributed by atoms with Gasteiger partial charge in [0.05, 0.1) is 17.4 Å². The van der Waals surface area contributed by atoms with Crippen LogP contribution in [0.1, 0.15) is 105 Å². The predicted molar refractivity (Wildman–Crippen MR) is 125 cm³/mol. The van der Waals surface area contributed by atoms with E-state index in [1.165, 1.54) is 38.5 Å². The Morgan fingerprint density at radius 3 is 2.35 bits per heavy atom. The van der Waals surface area contributed by atoms with Crippen molar-refractivity contribution >= 4 is 5.71 Å². The molecule has 4 saturated carbocycles.